The fourth-order valence-electron chi connectivity index (χ4n) is 3.00. The molecule has 3 rings (SSSR count). The molecule has 0 aliphatic carbocycles. The van der Waals surface area contributed by atoms with E-state index in [4.69, 9.17) is 10.7 Å². The average Bonchev–Trinajstić information content (AvgIpc) is 2.99. The molecule has 5 nitrogen and oxygen atoms in total. The molecule has 1 aromatic carbocycles. The summed E-state index contributed by atoms with van der Waals surface area (Å²) < 4.78 is 2.21. The molecule has 0 saturated heterocycles. The molecular formula is C21H24N4OS. The summed E-state index contributed by atoms with van der Waals surface area (Å²) in [6.07, 6.45) is 4.38. The standard InChI is InChI=1S/C21H24N4OS/c1-15(2)20-18(12-16-6-4-3-5-7-16)25(13-17-8-10-23-11-9-17)21(24-20)27-14-19(22)26/h3-11,15H,12-14H2,1-2H3,(H2,22,26). The van der Waals surface area contributed by atoms with E-state index in [9.17, 15) is 4.79 Å². The second-order valence-corrected chi connectivity index (χ2v) is 7.68. The van der Waals surface area contributed by atoms with Crippen LogP contribution in [0.1, 0.15) is 42.3 Å². The third kappa shape index (κ3) is 4.98. The molecule has 2 N–H and O–H groups in total. The zero-order chi connectivity index (χ0) is 19.2. The Bertz CT molecular complexity index is 891. The van der Waals surface area contributed by atoms with E-state index < -0.39 is 0 Å². The summed E-state index contributed by atoms with van der Waals surface area (Å²) in [4.78, 5) is 20.3. The molecule has 3 aromatic rings. The molecule has 6 heteroatoms. The average molecular weight is 381 g/mol. The third-order valence-corrected chi connectivity index (χ3v) is 5.26. The number of imidazole rings is 1. The van der Waals surface area contributed by atoms with Gasteiger partial charge in [-0.15, -0.1) is 0 Å². The number of nitrogens with two attached hydrogens (primary N) is 1. The molecule has 0 aliphatic rings. The summed E-state index contributed by atoms with van der Waals surface area (Å²) in [5, 5.41) is 0.834. The first-order chi connectivity index (χ1) is 13.0. The summed E-state index contributed by atoms with van der Waals surface area (Å²) in [7, 11) is 0. The molecule has 2 aromatic heterocycles. The minimum atomic E-state index is -0.339. The number of carbonyl (C=O) groups is 1. The van der Waals surface area contributed by atoms with Gasteiger partial charge < -0.3 is 10.3 Å². The summed E-state index contributed by atoms with van der Waals surface area (Å²) in [5.74, 6) is 0.167. The number of benzene rings is 1. The van der Waals surface area contributed by atoms with Gasteiger partial charge in [0.05, 0.1) is 11.4 Å². The van der Waals surface area contributed by atoms with Crippen LogP contribution in [0.3, 0.4) is 0 Å². The lowest BCUT2D eigenvalue weighted by atomic mass is 10.0. The van der Waals surface area contributed by atoms with E-state index in [0.717, 1.165) is 22.8 Å². The van der Waals surface area contributed by atoms with E-state index in [2.05, 4.69) is 47.7 Å². The lowest BCUT2D eigenvalue weighted by Gasteiger charge is -2.14. The lowest BCUT2D eigenvalue weighted by Crippen LogP contribution is -2.14. The topological polar surface area (TPSA) is 73.8 Å². The van der Waals surface area contributed by atoms with Crippen molar-refractivity contribution in [2.24, 2.45) is 5.73 Å². The molecule has 2 heterocycles. The zero-order valence-electron chi connectivity index (χ0n) is 15.6. The van der Waals surface area contributed by atoms with E-state index in [1.165, 1.54) is 23.0 Å². The highest BCUT2D eigenvalue weighted by atomic mass is 32.2. The molecule has 0 unspecified atom stereocenters. The Kier molecular flexibility index (Phi) is 6.29. The van der Waals surface area contributed by atoms with Crippen LogP contribution < -0.4 is 5.73 Å². The van der Waals surface area contributed by atoms with Crippen LogP contribution in [0.4, 0.5) is 0 Å². The van der Waals surface area contributed by atoms with E-state index in [1.54, 1.807) is 12.4 Å². The van der Waals surface area contributed by atoms with Crippen LogP contribution >= 0.6 is 11.8 Å². The zero-order valence-corrected chi connectivity index (χ0v) is 16.4. The van der Waals surface area contributed by atoms with Gasteiger partial charge in [0.1, 0.15) is 0 Å². The van der Waals surface area contributed by atoms with Gasteiger partial charge in [-0.25, -0.2) is 4.98 Å². The number of hydrogen-bond acceptors (Lipinski definition) is 4. The number of primary amides is 1. The van der Waals surface area contributed by atoms with Crippen molar-refractivity contribution in [3.8, 4) is 0 Å². The Morgan fingerprint density at radius 1 is 1.11 bits per heavy atom. The number of carbonyl (C=O) groups excluding carboxylic acids is 1. The van der Waals surface area contributed by atoms with Gasteiger partial charge in [-0.2, -0.15) is 0 Å². The van der Waals surface area contributed by atoms with Crippen molar-refractivity contribution in [2.45, 2.75) is 37.9 Å². The smallest absolute Gasteiger partial charge is 0.227 e. The Labute approximate surface area is 164 Å². The fourth-order valence-corrected chi connectivity index (χ4v) is 3.76. The quantitative estimate of drug-likeness (QED) is 0.606. The first-order valence-electron chi connectivity index (χ1n) is 8.97. The van der Waals surface area contributed by atoms with Gasteiger partial charge >= 0.3 is 0 Å². The van der Waals surface area contributed by atoms with Gasteiger partial charge in [-0.05, 0) is 29.2 Å². The first-order valence-corrected chi connectivity index (χ1v) is 9.96. The van der Waals surface area contributed by atoms with Crippen LogP contribution in [0.2, 0.25) is 0 Å². The Morgan fingerprint density at radius 3 is 2.44 bits per heavy atom. The van der Waals surface area contributed by atoms with Gasteiger partial charge in [0.25, 0.3) is 0 Å². The predicted molar refractivity (Wildman–Crippen MR) is 109 cm³/mol. The van der Waals surface area contributed by atoms with Crippen LogP contribution in [0.5, 0.6) is 0 Å². The maximum Gasteiger partial charge on any atom is 0.227 e. The van der Waals surface area contributed by atoms with Crippen molar-refractivity contribution in [3.63, 3.8) is 0 Å². The number of nitrogens with zero attached hydrogens (tertiary/aromatic N) is 3. The van der Waals surface area contributed by atoms with E-state index in [1.807, 2.05) is 18.2 Å². The number of amides is 1. The molecule has 1 amide bonds. The fraction of sp³-hybridized carbons (Fsp3) is 0.286. The molecule has 0 aliphatic heterocycles. The molecule has 0 atom stereocenters. The van der Waals surface area contributed by atoms with Gasteiger partial charge in [0.15, 0.2) is 5.16 Å². The first kappa shape index (κ1) is 19.2. The van der Waals surface area contributed by atoms with E-state index in [-0.39, 0.29) is 17.6 Å². The van der Waals surface area contributed by atoms with Crippen LogP contribution in [0.25, 0.3) is 0 Å². The van der Waals surface area contributed by atoms with Crippen molar-refractivity contribution >= 4 is 17.7 Å². The number of rotatable bonds is 8. The highest BCUT2D eigenvalue weighted by molar-refractivity contribution is 7.99. The van der Waals surface area contributed by atoms with Gasteiger partial charge in [-0.3, -0.25) is 9.78 Å². The minimum absolute atomic E-state index is 0.218. The van der Waals surface area contributed by atoms with Crippen molar-refractivity contribution in [1.29, 1.82) is 0 Å². The second-order valence-electron chi connectivity index (χ2n) is 6.74. The SMILES string of the molecule is CC(C)c1nc(SCC(N)=O)n(Cc2ccncc2)c1Cc1ccccc1. The van der Waals surface area contributed by atoms with Crippen molar-refractivity contribution in [3.05, 3.63) is 77.4 Å². The largest absolute Gasteiger partial charge is 0.369 e. The van der Waals surface area contributed by atoms with Crippen molar-refractivity contribution in [2.75, 3.05) is 5.75 Å². The van der Waals surface area contributed by atoms with Crippen molar-refractivity contribution in [1.82, 2.24) is 14.5 Å². The molecule has 27 heavy (non-hydrogen) atoms. The highest BCUT2D eigenvalue weighted by Crippen LogP contribution is 2.29. The van der Waals surface area contributed by atoms with Gasteiger partial charge in [0, 0.05) is 31.1 Å². The Morgan fingerprint density at radius 2 is 1.81 bits per heavy atom. The van der Waals surface area contributed by atoms with Crippen LogP contribution in [-0.2, 0) is 17.8 Å². The van der Waals surface area contributed by atoms with Crippen molar-refractivity contribution < 1.29 is 4.79 Å². The summed E-state index contributed by atoms with van der Waals surface area (Å²) >= 11 is 1.40. The van der Waals surface area contributed by atoms with E-state index in [0.29, 0.717) is 6.54 Å². The lowest BCUT2D eigenvalue weighted by molar-refractivity contribution is -0.115. The maximum atomic E-state index is 11.3. The highest BCUT2D eigenvalue weighted by Gasteiger charge is 2.20. The normalized spacial score (nSPS) is 11.1. The molecule has 0 spiro atoms. The Hall–Kier alpha value is -2.60. The van der Waals surface area contributed by atoms with Crippen LogP contribution in [0.15, 0.2) is 60.0 Å². The monoisotopic (exact) mass is 380 g/mol. The Balaban J connectivity index is 2.04. The molecule has 0 fully saturated rings. The molecule has 140 valence electrons. The third-order valence-electron chi connectivity index (χ3n) is 4.26. The van der Waals surface area contributed by atoms with Crippen LogP contribution in [-0.4, -0.2) is 26.2 Å². The molecular weight excluding hydrogens is 356 g/mol. The van der Waals surface area contributed by atoms with Crippen LogP contribution in [0, 0.1) is 0 Å². The second kappa shape index (κ2) is 8.86. The van der Waals surface area contributed by atoms with E-state index >= 15 is 0 Å². The summed E-state index contributed by atoms with van der Waals surface area (Å²) in [6, 6.07) is 14.4. The molecule has 0 bridgehead atoms. The molecule has 0 saturated carbocycles. The summed E-state index contributed by atoms with van der Waals surface area (Å²) in [5.41, 5.74) is 10.00. The number of pyridine rings is 1. The number of hydrogen-bond donors (Lipinski definition) is 1. The number of aromatic nitrogens is 3. The van der Waals surface area contributed by atoms with Gasteiger partial charge in [-0.1, -0.05) is 55.9 Å². The number of thioether (sulfide) groups is 1. The maximum absolute atomic E-state index is 11.3. The minimum Gasteiger partial charge on any atom is -0.369 e. The molecule has 0 radical (unpaired) electrons. The predicted octanol–water partition coefficient (Wildman–Crippen LogP) is 3.62. The summed E-state index contributed by atoms with van der Waals surface area (Å²) in [6.45, 7) is 4.98. The van der Waals surface area contributed by atoms with Gasteiger partial charge in [0.2, 0.25) is 5.91 Å².